The third-order valence-electron chi connectivity index (χ3n) is 2.36. The fraction of sp³-hybridized carbons (Fsp3) is 0.167. The molecule has 2 rings (SSSR count). The van der Waals surface area contributed by atoms with Gasteiger partial charge < -0.3 is 10.1 Å². The van der Waals surface area contributed by atoms with Crippen LogP contribution in [-0.2, 0) is 16.6 Å². The molecule has 1 amide bonds. The Morgan fingerprint density at radius 1 is 1.40 bits per heavy atom. The number of hydrogen-bond donors (Lipinski definition) is 1. The van der Waals surface area contributed by atoms with Crippen LogP contribution in [0.4, 0.5) is 5.82 Å². The molecule has 7 nitrogen and oxygen atoms in total. The lowest BCUT2D eigenvalue weighted by atomic mass is 10.4. The van der Waals surface area contributed by atoms with E-state index in [1.807, 2.05) is 0 Å². The number of rotatable bonds is 4. The van der Waals surface area contributed by atoms with Crippen molar-refractivity contribution in [2.45, 2.75) is 0 Å². The summed E-state index contributed by atoms with van der Waals surface area (Å²) in [6.45, 7) is -0.387. The number of nitrogens with zero attached hydrogens (tertiary/aromatic N) is 3. The monoisotopic (exact) mass is 338 g/mol. The van der Waals surface area contributed by atoms with Crippen LogP contribution in [0.1, 0.15) is 10.5 Å². The molecule has 0 atom stereocenters. The Morgan fingerprint density at radius 3 is 2.80 bits per heavy atom. The zero-order chi connectivity index (χ0) is 14.5. The molecule has 0 aromatic carbocycles. The Labute approximate surface area is 123 Å². The maximum atomic E-state index is 11.6. The van der Waals surface area contributed by atoms with Gasteiger partial charge in [-0.2, -0.15) is 5.10 Å². The van der Waals surface area contributed by atoms with E-state index in [1.54, 1.807) is 25.4 Å². The zero-order valence-corrected chi connectivity index (χ0v) is 12.1. The van der Waals surface area contributed by atoms with Gasteiger partial charge in [0.05, 0.1) is 0 Å². The Hall–Kier alpha value is -2.22. The van der Waals surface area contributed by atoms with Gasteiger partial charge in [0.15, 0.2) is 6.61 Å². The Bertz CT molecular complexity index is 624. The highest BCUT2D eigenvalue weighted by atomic mass is 79.9. The number of hydrogen-bond acceptors (Lipinski definition) is 5. The van der Waals surface area contributed by atoms with E-state index in [0.717, 1.165) is 4.47 Å². The van der Waals surface area contributed by atoms with Crippen molar-refractivity contribution in [2.24, 2.45) is 7.05 Å². The highest BCUT2D eigenvalue weighted by Crippen LogP contribution is 2.10. The largest absolute Gasteiger partial charge is 0.451 e. The lowest BCUT2D eigenvalue weighted by Crippen LogP contribution is -2.22. The second kappa shape index (κ2) is 6.29. The first-order valence-corrected chi connectivity index (χ1v) is 6.42. The molecule has 0 saturated heterocycles. The Morgan fingerprint density at radius 2 is 2.20 bits per heavy atom. The first-order valence-electron chi connectivity index (χ1n) is 5.63. The molecule has 0 aliphatic rings. The minimum absolute atomic E-state index is 0.277. The van der Waals surface area contributed by atoms with Gasteiger partial charge >= 0.3 is 5.97 Å². The number of amides is 1. The van der Waals surface area contributed by atoms with Gasteiger partial charge in [0, 0.05) is 23.9 Å². The molecule has 0 aliphatic carbocycles. The number of halogens is 1. The van der Waals surface area contributed by atoms with Crippen LogP contribution in [0, 0.1) is 0 Å². The molecule has 20 heavy (non-hydrogen) atoms. The van der Waals surface area contributed by atoms with Crippen LogP contribution in [0.2, 0.25) is 0 Å². The second-order valence-electron chi connectivity index (χ2n) is 3.83. The molecule has 0 bridgehead atoms. The molecule has 0 saturated carbocycles. The standard InChI is InChI=1S/C12H11BrN4O3/c1-17-9(4-5-15-17)12(19)20-7-11(18)16-10-3-2-8(13)6-14-10/h2-6H,7H2,1H3,(H,14,16,18). The van der Waals surface area contributed by atoms with Crippen molar-refractivity contribution in [3.63, 3.8) is 0 Å². The molecule has 2 heterocycles. The first-order chi connectivity index (χ1) is 9.56. The molecule has 2 aromatic rings. The van der Waals surface area contributed by atoms with E-state index in [1.165, 1.54) is 16.9 Å². The number of aryl methyl sites for hydroxylation is 1. The van der Waals surface area contributed by atoms with Crippen molar-refractivity contribution in [3.8, 4) is 0 Å². The molecule has 2 aromatic heterocycles. The van der Waals surface area contributed by atoms with E-state index in [-0.39, 0.29) is 12.3 Å². The Kier molecular flexibility index (Phi) is 4.46. The van der Waals surface area contributed by atoms with Crippen molar-refractivity contribution >= 4 is 33.6 Å². The maximum Gasteiger partial charge on any atom is 0.357 e. The predicted octanol–water partition coefficient (Wildman–Crippen LogP) is 1.37. The molecule has 0 spiro atoms. The number of carbonyl (C=O) groups excluding carboxylic acids is 2. The van der Waals surface area contributed by atoms with Gasteiger partial charge in [-0.25, -0.2) is 9.78 Å². The van der Waals surface area contributed by atoms with Crippen molar-refractivity contribution in [2.75, 3.05) is 11.9 Å². The van der Waals surface area contributed by atoms with Crippen LogP contribution in [-0.4, -0.2) is 33.2 Å². The van der Waals surface area contributed by atoms with Gasteiger partial charge in [-0.1, -0.05) is 0 Å². The maximum absolute atomic E-state index is 11.6. The van der Waals surface area contributed by atoms with Gasteiger partial charge in [-0.05, 0) is 34.1 Å². The average molecular weight is 339 g/mol. The van der Waals surface area contributed by atoms with E-state index in [0.29, 0.717) is 5.82 Å². The number of pyridine rings is 1. The summed E-state index contributed by atoms with van der Waals surface area (Å²) in [7, 11) is 1.61. The number of carbonyl (C=O) groups is 2. The first kappa shape index (κ1) is 14.2. The lowest BCUT2D eigenvalue weighted by molar-refractivity contribution is -0.119. The van der Waals surface area contributed by atoms with Crippen LogP contribution >= 0.6 is 15.9 Å². The second-order valence-corrected chi connectivity index (χ2v) is 4.74. The number of aromatic nitrogens is 3. The highest BCUT2D eigenvalue weighted by molar-refractivity contribution is 9.10. The van der Waals surface area contributed by atoms with Crippen LogP contribution in [0.25, 0.3) is 0 Å². The zero-order valence-electron chi connectivity index (χ0n) is 10.5. The molecular formula is C12H11BrN4O3. The van der Waals surface area contributed by atoms with Gasteiger partial charge in [-0.3, -0.25) is 9.48 Å². The van der Waals surface area contributed by atoms with Crippen LogP contribution in [0.15, 0.2) is 35.1 Å². The van der Waals surface area contributed by atoms with Crippen molar-refractivity contribution in [1.82, 2.24) is 14.8 Å². The van der Waals surface area contributed by atoms with Gasteiger partial charge in [0.2, 0.25) is 0 Å². The molecule has 0 aliphatic heterocycles. The molecule has 0 radical (unpaired) electrons. The van der Waals surface area contributed by atoms with Crippen LogP contribution in [0.3, 0.4) is 0 Å². The normalized spacial score (nSPS) is 10.1. The van der Waals surface area contributed by atoms with E-state index in [2.05, 4.69) is 31.3 Å². The molecule has 1 N–H and O–H groups in total. The summed E-state index contributed by atoms with van der Waals surface area (Å²) < 4.78 is 7.05. The summed E-state index contributed by atoms with van der Waals surface area (Å²) in [5.41, 5.74) is 0.277. The van der Waals surface area contributed by atoms with Crippen LogP contribution < -0.4 is 5.32 Å². The minimum atomic E-state index is -0.607. The van der Waals surface area contributed by atoms with Gasteiger partial charge in [-0.15, -0.1) is 0 Å². The average Bonchev–Trinajstić information content (AvgIpc) is 2.85. The quantitative estimate of drug-likeness (QED) is 0.851. The highest BCUT2D eigenvalue weighted by Gasteiger charge is 2.13. The fourth-order valence-electron chi connectivity index (χ4n) is 1.41. The fourth-order valence-corrected chi connectivity index (χ4v) is 1.64. The molecular weight excluding hydrogens is 328 g/mol. The third-order valence-corrected chi connectivity index (χ3v) is 2.83. The van der Waals surface area contributed by atoms with Crippen LogP contribution in [0.5, 0.6) is 0 Å². The van der Waals surface area contributed by atoms with E-state index < -0.39 is 11.9 Å². The third kappa shape index (κ3) is 3.64. The summed E-state index contributed by atoms with van der Waals surface area (Å²) in [6, 6.07) is 4.88. The molecule has 0 unspecified atom stereocenters. The van der Waals surface area contributed by atoms with Crippen molar-refractivity contribution in [3.05, 3.63) is 40.8 Å². The number of nitrogens with one attached hydrogen (secondary N) is 1. The number of ether oxygens (including phenoxy) is 1. The summed E-state index contributed by atoms with van der Waals surface area (Å²) in [4.78, 5) is 27.2. The number of esters is 1. The van der Waals surface area contributed by atoms with E-state index >= 15 is 0 Å². The smallest absolute Gasteiger partial charge is 0.357 e. The minimum Gasteiger partial charge on any atom is -0.451 e. The number of anilines is 1. The summed E-state index contributed by atoms with van der Waals surface area (Å²) in [5.74, 6) is -0.686. The molecule has 8 heteroatoms. The summed E-state index contributed by atoms with van der Waals surface area (Å²) in [6.07, 6.45) is 3.03. The SMILES string of the molecule is Cn1nccc1C(=O)OCC(=O)Nc1ccc(Br)cn1. The molecule has 104 valence electrons. The predicted molar refractivity (Wildman–Crippen MR) is 74.1 cm³/mol. The van der Waals surface area contributed by atoms with Crippen molar-refractivity contribution in [1.29, 1.82) is 0 Å². The summed E-state index contributed by atoms with van der Waals surface area (Å²) >= 11 is 3.24. The van der Waals surface area contributed by atoms with E-state index in [9.17, 15) is 9.59 Å². The topological polar surface area (TPSA) is 86.1 Å². The van der Waals surface area contributed by atoms with Gasteiger partial charge in [0.25, 0.3) is 5.91 Å². The van der Waals surface area contributed by atoms with Gasteiger partial charge in [0.1, 0.15) is 11.5 Å². The summed E-state index contributed by atoms with van der Waals surface area (Å²) in [5, 5.41) is 6.36. The van der Waals surface area contributed by atoms with Crippen molar-refractivity contribution < 1.29 is 14.3 Å². The molecule has 0 fully saturated rings. The Balaban J connectivity index is 1.85. The lowest BCUT2D eigenvalue weighted by Gasteiger charge is -2.06. The van der Waals surface area contributed by atoms with E-state index in [4.69, 9.17) is 4.74 Å².